The second kappa shape index (κ2) is 10.7. The number of hydrogen-bond donors (Lipinski definition) is 2. The molecule has 0 unspecified atom stereocenters. The Morgan fingerprint density at radius 3 is 2.56 bits per heavy atom. The van der Waals surface area contributed by atoms with Gasteiger partial charge in [0.05, 0.1) is 5.69 Å². The largest absolute Gasteiger partial charge is 0.356 e. The van der Waals surface area contributed by atoms with Gasteiger partial charge in [-0.25, -0.2) is 9.37 Å². The molecule has 0 atom stereocenters. The van der Waals surface area contributed by atoms with Crippen molar-refractivity contribution < 1.29 is 9.18 Å². The first-order valence-corrected chi connectivity index (χ1v) is 11.1. The molecule has 0 radical (unpaired) electrons. The van der Waals surface area contributed by atoms with Gasteiger partial charge in [-0.3, -0.25) is 4.79 Å². The number of para-hydroxylation sites is 1. The first-order chi connectivity index (χ1) is 15.7. The molecule has 2 aromatic carbocycles. The molecule has 4 rings (SSSR count). The lowest BCUT2D eigenvalue weighted by atomic mass is 9.96. The fraction of sp³-hybridized carbons (Fsp3) is 0.320. The van der Waals surface area contributed by atoms with Crippen LogP contribution in [0.4, 0.5) is 21.8 Å². The van der Waals surface area contributed by atoms with E-state index in [0.29, 0.717) is 37.1 Å². The quantitative estimate of drug-likeness (QED) is 0.518. The molecule has 0 aliphatic carbocycles. The van der Waals surface area contributed by atoms with E-state index >= 15 is 0 Å². The Balaban J connectivity index is 1.23. The van der Waals surface area contributed by atoms with Gasteiger partial charge in [0.15, 0.2) is 0 Å². The lowest BCUT2D eigenvalue weighted by Crippen LogP contribution is -2.41. The zero-order valence-corrected chi connectivity index (χ0v) is 18.0. The Hall–Kier alpha value is -3.48. The summed E-state index contributed by atoms with van der Waals surface area (Å²) in [5.74, 6) is 0.950. The number of halogens is 1. The van der Waals surface area contributed by atoms with Gasteiger partial charge in [0.25, 0.3) is 0 Å². The van der Waals surface area contributed by atoms with Crippen LogP contribution < -0.4 is 15.5 Å². The third-order valence-corrected chi connectivity index (χ3v) is 5.71. The van der Waals surface area contributed by atoms with Gasteiger partial charge in [-0.05, 0) is 49.4 Å². The second-order valence-electron chi connectivity index (χ2n) is 7.99. The molecule has 166 valence electrons. The standard InChI is InChI=1S/C25H28FN5O/c26-21-10-4-5-11-22(21)29-23-12-16-28-25(30-23)31-17-13-20(14-18-31)24(32)27-15-6-9-19-7-2-1-3-8-19/h1-5,7-8,10-12,16,20H,6,9,13-15,17-18H2,(H,27,32)(H,28,29,30). The number of nitrogens with zero attached hydrogens (tertiary/aromatic N) is 3. The molecular weight excluding hydrogens is 405 g/mol. The molecule has 32 heavy (non-hydrogen) atoms. The van der Waals surface area contributed by atoms with E-state index in [1.54, 1.807) is 30.5 Å². The van der Waals surface area contributed by atoms with Crippen molar-refractivity contribution in [2.75, 3.05) is 29.9 Å². The summed E-state index contributed by atoms with van der Waals surface area (Å²) < 4.78 is 13.9. The SMILES string of the molecule is O=C(NCCCc1ccccc1)C1CCN(c2nccc(Nc3ccccc3F)n2)CC1. The smallest absolute Gasteiger partial charge is 0.227 e. The Morgan fingerprint density at radius 1 is 1.03 bits per heavy atom. The predicted octanol–water partition coefficient (Wildman–Crippen LogP) is 4.32. The van der Waals surface area contributed by atoms with E-state index in [-0.39, 0.29) is 17.6 Å². The predicted molar refractivity (Wildman–Crippen MR) is 124 cm³/mol. The number of piperidine rings is 1. The van der Waals surface area contributed by atoms with E-state index in [1.807, 2.05) is 18.2 Å². The highest BCUT2D eigenvalue weighted by Gasteiger charge is 2.26. The minimum atomic E-state index is -0.330. The van der Waals surface area contributed by atoms with Crippen molar-refractivity contribution in [1.82, 2.24) is 15.3 Å². The molecule has 0 bridgehead atoms. The highest BCUT2D eigenvalue weighted by Crippen LogP contribution is 2.23. The van der Waals surface area contributed by atoms with E-state index < -0.39 is 0 Å². The highest BCUT2D eigenvalue weighted by atomic mass is 19.1. The van der Waals surface area contributed by atoms with E-state index in [4.69, 9.17) is 0 Å². The van der Waals surface area contributed by atoms with Crippen LogP contribution in [-0.4, -0.2) is 35.5 Å². The van der Waals surface area contributed by atoms with Crippen LogP contribution in [0.25, 0.3) is 0 Å². The maximum Gasteiger partial charge on any atom is 0.227 e. The molecule has 1 aromatic heterocycles. The maximum atomic E-state index is 13.9. The lowest BCUT2D eigenvalue weighted by molar-refractivity contribution is -0.125. The summed E-state index contributed by atoms with van der Waals surface area (Å²) in [6, 6.07) is 18.5. The molecule has 6 nitrogen and oxygen atoms in total. The Morgan fingerprint density at radius 2 is 1.78 bits per heavy atom. The van der Waals surface area contributed by atoms with Crippen LogP contribution in [0, 0.1) is 11.7 Å². The van der Waals surface area contributed by atoms with Crippen LogP contribution in [-0.2, 0) is 11.2 Å². The molecule has 0 saturated carbocycles. The van der Waals surface area contributed by atoms with E-state index in [9.17, 15) is 9.18 Å². The third kappa shape index (κ3) is 5.81. The fourth-order valence-corrected chi connectivity index (χ4v) is 3.91. The van der Waals surface area contributed by atoms with E-state index in [1.165, 1.54) is 11.6 Å². The molecule has 1 amide bonds. The molecule has 1 aliphatic heterocycles. The average molecular weight is 434 g/mol. The Labute approximate surface area is 187 Å². The van der Waals surface area contributed by atoms with Crippen molar-refractivity contribution in [3.63, 3.8) is 0 Å². The first kappa shape index (κ1) is 21.7. The molecule has 1 aliphatic rings. The van der Waals surface area contributed by atoms with Gasteiger partial charge >= 0.3 is 0 Å². The lowest BCUT2D eigenvalue weighted by Gasteiger charge is -2.31. The minimum Gasteiger partial charge on any atom is -0.356 e. The summed E-state index contributed by atoms with van der Waals surface area (Å²) >= 11 is 0. The summed E-state index contributed by atoms with van der Waals surface area (Å²) in [5, 5.41) is 6.09. The molecular formula is C25H28FN5O. The van der Waals surface area contributed by atoms with Crippen LogP contribution in [0.2, 0.25) is 0 Å². The molecule has 2 N–H and O–H groups in total. The molecule has 1 fully saturated rings. The first-order valence-electron chi connectivity index (χ1n) is 11.1. The number of carbonyl (C=O) groups is 1. The summed E-state index contributed by atoms with van der Waals surface area (Å²) in [4.78, 5) is 23.5. The number of aromatic nitrogens is 2. The zero-order valence-electron chi connectivity index (χ0n) is 18.0. The second-order valence-corrected chi connectivity index (χ2v) is 7.99. The van der Waals surface area contributed by atoms with Gasteiger partial charge in [0.1, 0.15) is 11.6 Å². The summed E-state index contributed by atoms with van der Waals surface area (Å²) in [6.07, 6.45) is 5.09. The van der Waals surface area contributed by atoms with E-state index in [0.717, 1.165) is 25.7 Å². The maximum absolute atomic E-state index is 13.9. The van der Waals surface area contributed by atoms with Crippen LogP contribution in [0.5, 0.6) is 0 Å². The normalized spacial score (nSPS) is 14.2. The van der Waals surface area contributed by atoms with Crippen molar-refractivity contribution in [3.8, 4) is 0 Å². The number of aryl methyl sites for hydroxylation is 1. The number of nitrogens with one attached hydrogen (secondary N) is 2. The third-order valence-electron chi connectivity index (χ3n) is 5.71. The average Bonchev–Trinajstić information content (AvgIpc) is 2.84. The fourth-order valence-electron chi connectivity index (χ4n) is 3.91. The number of anilines is 3. The van der Waals surface area contributed by atoms with Crippen LogP contribution >= 0.6 is 0 Å². The van der Waals surface area contributed by atoms with Crippen molar-refractivity contribution in [1.29, 1.82) is 0 Å². The molecule has 1 saturated heterocycles. The Kier molecular flexibility index (Phi) is 7.27. The van der Waals surface area contributed by atoms with Crippen molar-refractivity contribution in [3.05, 3.63) is 78.2 Å². The van der Waals surface area contributed by atoms with Crippen LogP contribution in [0.15, 0.2) is 66.9 Å². The van der Waals surface area contributed by atoms with E-state index in [2.05, 4.69) is 37.6 Å². The number of hydrogen-bond acceptors (Lipinski definition) is 5. The monoisotopic (exact) mass is 433 g/mol. The number of rotatable bonds is 8. The van der Waals surface area contributed by atoms with Crippen molar-refractivity contribution >= 4 is 23.4 Å². The summed E-state index contributed by atoms with van der Waals surface area (Å²) in [5.41, 5.74) is 1.67. The molecule has 3 aromatic rings. The number of amides is 1. The van der Waals surface area contributed by atoms with Gasteiger partial charge in [-0.2, -0.15) is 4.98 Å². The van der Waals surface area contributed by atoms with Gasteiger partial charge in [0.2, 0.25) is 11.9 Å². The van der Waals surface area contributed by atoms with Crippen LogP contribution in [0.1, 0.15) is 24.8 Å². The topological polar surface area (TPSA) is 70.2 Å². The Bertz CT molecular complexity index is 1020. The van der Waals surface area contributed by atoms with Crippen molar-refractivity contribution in [2.45, 2.75) is 25.7 Å². The summed E-state index contributed by atoms with van der Waals surface area (Å²) in [7, 11) is 0. The zero-order chi connectivity index (χ0) is 22.2. The highest BCUT2D eigenvalue weighted by molar-refractivity contribution is 5.78. The molecule has 0 spiro atoms. The summed E-state index contributed by atoms with van der Waals surface area (Å²) in [6.45, 7) is 2.12. The van der Waals surface area contributed by atoms with Gasteiger partial charge in [0, 0.05) is 31.7 Å². The van der Waals surface area contributed by atoms with Crippen LogP contribution in [0.3, 0.4) is 0 Å². The number of benzene rings is 2. The van der Waals surface area contributed by atoms with Gasteiger partial charge in [-0.1, -0.05) is 42.5 Å². The molecule has 7 heteroatoms. The van der Waals surface area contributed by atoms with Crippen molar-refractivity contribution in [2.24, 2.45) is 5.92 Å². The van der Waals surface area contributed by atoms with Gasteiger partial charge in [-0.15, -0.1) is 0 Å². The van der Waals surface area contributed by atoms with Gasteiger partial charge < -0.3 is 15.5 Å². The molecule has 2 heterocycles. The minimum absolute atomic E-state index is 0.0164. The number of carbonyl (C=O) groups excluding carboxylic acids is 1.